The Kier molecular flexibility index (Phi) is 9.10. The van der Waals surface area contributed by atoms with Gasteiger partial charge in [-0.3, -0.25) is 4.79 Å². The smallest absolute Gasteiger partial charge is 0.418 e. The highest BCUT2D eigenvalue weighted by molar-refractivity contribution is 5.96. The van der Waals surface area contributed by atoms with Crippen LogP contribution in [0.15, 0.2) is 48.7 Å². The lowest BCUT2D eigenvalue weighted by Crippen LogP contribution is -2.65. The average Bonchev–Trinajstić information content (AvgIpc) is 3.46. The molecule has 3 aromatic rings. The van der Waals surface area contributed by atoms with Gasteiger partial charge in [-0.05, 0) is 89.4 Å². The van der Waals surface area contributed by atoms with Crippen LogP contribution in [0.2, 0.25) is 0 Å². The highest BCUT2D eigenvalue weighted by atomic mass is 19.4. The number of rotatable bonds is 8. The van der Waals surface area contributed by atoms with Crippen LogP contribution in [0.25, 0.3) is 11.3 Å². The number of hydrogen-bond acceptors (Lipinski definition) is 8. The lowest BCUT2D eigenvalue weighted by Gasteiger charge is -2.59. The van der Waals surface area contributed by atoms with Crippen molar-refractivity contribution in [1.29, 1.82) is 0 Å². The van der Waals surface area contributed by atoms with E-state index in [1.807, 2.05) is 6.92 Å². The number of nitrogens with zero attached hydrogens (tertiary/aromatic N) is 4. The van der Waals surface area contributed by atoms with Crippen molar-refractivity contribution >= 4 is 17.7 Å². The molecule has 1 saturated carbocycles. The van der Waals surface area contributed by atoms with Crippen LogP contribution in [0.5, 0.6) is 11.6 Å². The van der Waals surface area contributed by atoms with E-state index in [-0.39, 0.29) is 41.2 Å². The lowest BCUT2D eigenvalue weighted by molar-refractivity contribution is -0.137. The van der Waals surface area contributed by atoms with Crippen LogP contribution in [0.1, 0.15) is 63.0 Å². The summed E-state index contributed by atoms with van der Waals surface area (Å²) in [5.74, 6) is -0.783. The minimum absolute atomic E-state index is 0.0402. The number of pyridine rings is 2. The summed E-state index contributed by atoms with van der Waals surface area (Å²) in [6.45, 7) is 9.05. The Labute approximate surface area is 281 Å². The van der Waals surface area contributed by atoms with E-state index < -0.39 is 35.2 Å². The molecule has 1 atom stereocenters. The highest BCUT2D eigenvalue weighted by Gasteiger charge is 2.54. The van der Waals surface area contributed by atoms with E-state index >= 15 is 0 Å². The molecule has 49 heavy (non-hydrogen) atoms. The molecule has 6 rings (SSSR count). The molecule has 2 amide bonds. The van der Waals surface area contributed by atoms with Gasteiger partial charge in [0.05, 0.1) is 23.4 Å². The third kappa shape index (κ3) is 7.52. The largest absolute Gasteiger partial charge is 0.488 e. The summed E-state index contributed by atoms with van der Waals surface area (Å²) in [7, 11) is 0. The molecule has 4 heterocycles. The number of halogens is 4. The predicted molar refractivity (Wildman–Crippen MR) is 172 cm³/mol. The van der Waals surface area contributed by atoms with Crippen molar-refractivity contribution in [2.24, 2.45) is 5.41 Å². The van der Waals surface area contributed by atoms with Crippen LogP contribution in [-0.4, -0.2) is 77.4 Å². The SMILES string of the molecule is CCOc1ncccc1-c1ccc(OC2CC3(C2)CN(c2ccc(F)cc2C(F)(F)F)C3)c(C(=O)N[C@@H]2CCN(C(=O)OC(C)(C)C)C2)n1. The molecule has 2 aromatic heterocycles. The normalized spacial score (nSPS) is 18.9. The van der Waals surface area contributed by atoms with Crippen LogP contribution >= 0.6 is 0 Å². The van der Waals surface area contributed by atoms with E-state index in [2.05, 4.69) is 10.3 Å². The fourth-order valence-corrected chi connectivity index (χ4v) is 6.69. The molecule has 262 valence electrons. The number of benzene rings is 1. The first-order valence-electron chi connectivity index (χ1n) is 16.3. The Hall–Kier alpha value is -4.62. The van der Waals surface area contributed by atoms with Crippen molar-refractivity contribution in [3.63, 3.8) is 0 Å². The third-order valence-corrected chi connectivity index (χ3v) is 8.85. The summed E-state index contributed by atoms with van der Waals surface area (Å²) in [5.41, 5.74) is -0.817. The number of anilines is 1. The van der Waals surface area contributed by atoms with E-state index in [1.54, 1.807) is 61.0 Å². The second-order valence-corrected chi connectivity index (χ2v) is 13.9. The van der Waals surface area contributed by atoms with Gasteiger partial charge in [-0.15, -0.1) is 0 Å². The van der Waals surface area contributed by atoms with Gasteiger partial charge in [0.2, 0.25) is 5.88 Å². The van der Waals surface area contributed by atoms with E-state index in [0.717, 1.165) is 6.07 Å². The first kappa shape index (κ1) is 34.3. The van der Waals surface area contributed by atoms with Crippen molar-refractivity contribution in [3.8, 4) is 22.9 Å². The Bertz CT molecular complexity index is 1720. The summed E-state index contributed by atoms with van der Waals surface area (Å²) in [6, 6.07) is 9.33. The van der Waals surface area contributed by atoms with Gasteiger partial charge in [-0.1, -0.05) is 0 Å². The molecule has 1 aliphatic carbocycles. The first-order chi connectivity index (χ1) is 23.1. The van der Waals surface area contributed by atoms with E-state index in [4.69, 9.17) is 19.2 Å². The highest BCUT2D eigenvalue weighted by Crippen LogP contribution is 2.52. The Morgan fingerprint density at radius 1 is 1.08 bits per heavy atom. The van der Waals surface area contributed by atoms with E-state index in [0.29, 0.717) is 68.7 Å². The van der Waals surface area contributed by atoms with Gasteiger partial charge >= 0.3 is 12.3 Å². The number of carbonyl (C=O) groups is 2. The number of carbonyl (C=O) groups excluding carboxylic acids is 2. The Balaban J connectivity index is 1.16. The number of nitrogens with one attached hydrogen (secondary N) is 1. The van der Waals surface area contributed by atoms with Crippen molar-refractivity contribution in [2.75, 3.05) is 37.7 Å². The first-order valence-corrected chi connectivity index (χ1v) is 16.3. The summed E-state index contributed by atoms with van der Waals surface area (Å²) in [6.07, 6.45) is -2.14. The number of amides is 2. The number of ether oxygens (including phenoxy) is 3. The van der Waals surface area contributed by atoms with Gasteiger partial charge < -0.3 is 29.3 Å². The second-order valence-electron chi connectivity index (χ2n) is 13.9. The molecule has 10 nitrogen and oxygen atoms in total. The Morgan fingerprint density at radius 2 is 1.84 bits per heavy atom. The van der Waals surface area contributed by atoms with Gasteiger partial charge in [0.25, 0.3) is 5.91 Å². The summed E-state index contributed by atoms with van der Waals surface area (Å²) in [4.78, 5) is 38.5. The quantitative estimate of drug-likeness (QED) is 0.269. The van der Waals surface area contributed by atoms with E-state index in [9.17, 15) is 27.2 Å². The minimum atomic E-state index is -4.67. The van der Waals surface area contributed by atoms with Crippen LogP contribution in [-0.2, 0) is 10.9 Å². The fourth-order valence-electron chi connectivity index (χ4n) is 6.69. The zero-order valence-electron chi connectivity index (χ0n) is 27.8. The van der Waals surface area contributed by atoms with E-state index in [1.165, 1.54) is 6.07 Å². The van der Waals surface area contributed by atoms with Gasteiger partial charge in [-0.25, -0.2) is 19.2 Å². The number of hydrogen-bond donors (Lipinski definition) is 1. The van der Waals surface area contributed by atoms with Crippen LogP contribution < -0.4 is 19.7 Å². The van der Waals surface area contributed by atoms with Gasteiger partial charge in [0, 0.05) is 49.5 Å². The minimum Gasteiger partial charge on any atom is -0.488 e. The summed E-state index contributed by atoms with van der Waals surface area (Å²) in [5, 5.41) is 2.99. The molecule has 1 aromatic carbocycles. The van der Waals surface area contributed by atoms with Crippen molar-refractivity contribution in [2.45, 2.75) is 70.9 Å². The average molecular weight is 686 g/mol. The number of aromatic nitrogens is 2. The maximum absolute atomic E-state index is 13.8. The zero-order valence-corrected chi connectivity index (χ0v) is 27.8. The fraction of sp³-hybridized carbons (Fsp3) is 0.486. The molecule has 3 fully saturated rings. The molecule has 3 aliphatic rings. The number of likely N-dealkylation sites (tertiary alicyclic amines) is 1. The van der Waals surface area contributed by atoms with Gasteiger partial charge in [0.1, 0.15) is 17.5 Å². The molecule has 0 bridgehead atoms. The van der Waals surface area contributed by atoms with Crippen molar-refractivity contribution in [1.82, 2.24) is 20.2 Å². The lowest BCUT2D eigenvalue weighted by atomic mass is 9.61. The third-order valence-electron chi connectivity index (χ3n) is 8.85. The standard InChI is InChI=1S/C35H39F4N5O5/c1-5-47-31-24(7-6-13-40-31)26-9-11-28(29(42-26)30(45)41-22-12-14-43(18-22)32(46)49-33(2,3)4)48-23-16-34(17-23)19-44(20-34)27-10-8-21(36)15-25(27)35(37,38)39/h6-11,13,15,22-23H,5,12,14,16-20H2,1-4H3,(H,41,45)/t22-/m1/s1. The molecule has 2 aliphatic heterocycles. The zero-order chi connectivity index (χ0) is 35.1. The summed E-state index contributed by atoms with van der Waals surface area (Å²) >= 11 is 0. The topological polar surface area (TPSA) is 106 Å². The molecule has 14 heteroatoms. The van der Waals surface area contributed by atoms with Crippen LogP contribution in [0.3, 0.4) is 0 Å². The maximum atomic E-state index is 13.8. The second kappa shape index (κ2) is 13.0. The molecular weight excluding hydrogens is 646 g/mol. The molecule has 0 unspecified atom stereocenters. The maximum Gasteiger partial charge on any atom is 0.418 e. The molecule has 1 spiro atoms. The molecule has 1 N–H and O–H groups in total. The number of alkyl halides is 3. The van der Waals surface area contributed by atoms with Gasteiger partial charge in [-0.2, -0.15) is 13.2 Å². The predicted octanol–water partition coefficient (Wildman–Crippen LogP) is 6.49. The molecule has 2 saturated heterocycles. The van der Waals surface area contributed by atoms with Gasteiger partial charge in [0.15, 0.2) is 11.4 Å². The Morgan fingerprint density at radius 3 is 2.53 bits per heavy atom. The molecule has 0 radical (unpaired) electrons. The van der Waals surface area contributed by atoms with Crippen LogP contribution in [0.4, 0.5) is 28.0 Å². The van der Waals surface area contributed by atoms with Crippen molar-refractivity contribution < 1.29 is 41.4 Å². The van der Waals surface area contributed by atoms with Crippen LogP contribution in [0, 0.1) is 11.2 Å². The molecular formula is C35H39F4N5O5. The monoisotopic (exact) mass is 685 g/mol. The van der Waals surface area contributed by atoms with Crippen molar-refractivity contribution in [3.05, 3.63) is 65.7 Å². The summed E-state index contributed by atoms with van der Waals surface area (Å²) < 4.78 is 71.9.